The van der Waals surface area contributed by atoms with Crippen molar-refractivity contribution in [3.8, 4) is 0 Å². The highest BCUT2D eigenvalue weighted by atomic mass is 16.3. The van der Waals surface area contributed by atoms with Crippen LogP contribution in [0.3, 0.4) is 0 Å². The summed E-state index contributed by atoms with van der Waals surface area (Å²) in [7, 11) is 1.82. The molecule has 0 saturated heterocycles. The number of rotatable bonds is 7. The maximum absolute atomic E-state index is 12.4. The number of anilines is 1. The highest BCUT2D eigenvalue weighted by Crippen LogP contribution is 2.21. The predicted octanol–water partition coefficient (Wildman–Crippen LogP) is 1.55. The third kappa shape index (κ3) is 4.53. The Kier molecular flexibility index (Phi) is 6.53. The number of aliphatic hydroxyl groups is 2. The van der Waals surface area contributed by atoms with Crippen molar-refractivity contribution in [1.82, 2.24) is 4.90 Å². The van der Waals surface area contributed by atoms with E-state index in [1.807, 2.05) is 50.9 Å². The summed E-state index contributed by atoms with van der Waals surface area (Å²) in [6, 6.07) is 5.53. The number of para-hydroxylation sites is 1. The molecule has 1 aromatic rings. The third-order valence-corrected chi connectivity index (χ3v) is 4.16. The zero-order valence-corrected chi connectivity index (χ0v) is 14.2. The molecule has 1 unspecified atom stereocenters. The van der Waals surface area contributed by atoms with Gasteiger partial charge in [0.15, 0.2) is 0 Å². The monoisotopic (exact) mass is 308 g/mol. The van der Waals surface area contributed by atoms with Gasteiger partial charge in [0.1, 0.15) is 0 Å². The molecular weight excluding hydrogens is 280 g/mol. The molecule has 0 heterocycles. The van der Waals surface area contributed by atoms with Gasteiger partial charge >= 0.3 is 0 Å². The van der Waals surface area contributed by atoms with Crippen LogP contribution in [0.5, 0.6) is 0 Å². The van der Waals surface area contributed by atoms with Crippen LogP contribution in [0.2, 0.25) is 0 Å². The molecule has 1 rings (SSSR count). The first kappa shape index (κ1) is 18.6. The molecule has 5 heteroatoms. The first-order chi connectivity index (χ1) is 10.2. The van der Waals surface area contributed by atoms with Crippen LogP contribution >= 0.6 is 0 Å². The number of carbonyl (C=O) groups excluding carboxylic acids is 1. The van der Waals surface area contributed by atoms with Crippen LogP contribution in [-0.2, 0) is 4.79 Å². The summed E-state index contributed by atoms with van der Waals surface area (Å²) in [6.07, 6.45) is 0. The van der Waals surface area contributed by atoms with Gasteiger partial charge in [0.25, 0.3) is 0 Å². The Morgan fingerprint density at radius 1 is 1.27 bits per heavy atom. The number of amides is 1. The number of likely N-dealkylation sites (N-methyl/N-ethyl adjacent to an activating group) is 1. The van der Waals surface area contributed by atoms with Gasteiger partial charge in [-0.05, 0) is 38.9 Å². The molecule has 0 bridgehead atoms. The SMILES string of the molecule is Cc1cccc(C)c1NC(=O)C(C)N(C)CC(C)(CO)CO. The predicted molar refractivity (Wildman–Crippen MR) is 88.9 cm³/mol. The van der Waals surface area contributed by atoms with Crippen LogP contribution in [0.4, 0.5) is 5.69 Å². The van der Waals surface area contributed by atoms with E-state index in [0.717, 1.165) is 16.8 Å². The van der Waals surface area contributed by atoms with Crippen molar-refractivity contribution in [3.63, 3.8) is 0 Å². The molecular formula is C17H28N2O3. The van der Waals surface area contributed by atoms with Crippen molar-refractivity contribution in [1.29, 1.82) is 0 Å². The third-order valence-electron chi connectivity index (χ3n) is 4.16. The highest BCUT2D eigenvalue weighted by Gasteiger charge is 2.28. The van der Waals surface area contributed by atoms with Gasteiger partial charge in [-0.3, -0.25) is 9.69 Å². The maximum Gasteiger partial charge on any atom is 0.241 e. The van der Waals surface area contributed by atoms with Crippen molar-refractivity contribution in [3.05, 3.63) is 29.3 Å². The first-order valence-electron chi connectivity index (χ1n) is 7.53. The number of nitrogens with zero attached hydrogens (tertiary/aromatic N) is 1. The van der Waals surface area contributed by atoms with Gasteiger partial charge in [-0.25, -0.2) is 0 Å². The zero-order valence-electron chi connectivity index (χ0n) is 14.2. The van der Waals surface area contributed by atoms with Crippen molar-refractivity contribution in [2.24, 2.45) is 5.41 Å². The molecule has 0 aromatic heterocycles. The lowest BCUT2D eigenvalue weighted by Crippen LogP contribution is -2.47. The normalized spacial score (nSPS) is 13.3. The van der Waals surface area contributed by atoms with E-state index in [0.29, 0.717) is 6.54 Å². The zero-order chi connectivity index (χ0) is 16.9. The Morgan fingerprint density at radius 3 is 2.23 bits per heavy atom. The van der Waals surface area contributed by atoms with Crippen molar-refractivity contribution in [2.45, 2.75) is 33.7 Å². The molecule has 22 heavy (non-hydrogen) atoms. The van der Waals surface area contributed by atoms with E-state index in [4.69, 9.17) is 0 Å². The average molecular weight is 308 g/mol. The van der Waals surface area contributed by atoms with Crippen molar-refractivity contribution < 1.29 is 15.0 Å². The van der Waals surface area contributed by atoms with E-state index in [1.165, 1.54) is 0 Å². The van der Waals surface area contributed by atoms with Gasteiger partial charge in [0.2, 0.25) is 5.91 Å². The summed E-state index contributed by atoms with van der Waals surface area (Å²) in [5.74, 6) is -0.0990. The van der Waals surface area contributed by atoms with Gasteiger partial charge in [0.05, 0.1) is 19.3 Å². The molecule has 0 fully saturated rings. The van der Waals surface area contributed by atoms with Crippen LogP contribution in [0.1, 0.15) is 25.0 Å². The molecule has 1 aromatic carbocycles. The Morgan fingerprint density at radius 2 is 1.77 bits per heavy atom. The fourth-order valence-corrected chi connectivity index (χ4v) is 2.33. The van der Waals surface area contributed by atoms with Crippen LogP contribution in [-0.4, -0.2) is 53.9 Å². The number of aryl methyl sites for hydroxylation is 2. The Bertz CT molecular complexity index is 492. The number of nitrogens with one attached hydrogen (secondary N) is 1. The molecule has 0 saturated carbocycles. The van der Waals surface area contributed by atoms with Crippen LogP contribution in [0.25, 0.3) is 0 Å². The van der Waals surface area contributed by atoms with Crippen LogP contribution < -0.4 is 5.32 Å². The lowest BCUT2D eigenvalue weighted by Gasteiger charge is -2.33. The quantitative estimate of drug-likeness (QED) is 0.715. The number of carbonyl (C=O) groups is 1. The fourth-order valence-electron chi connectivity index (χ4n) is 2.33. The highest BCUT2D eigenvalue weighted by molar-refractivity contribution is 5.95. The average Bonchev–Trinajstić information content (AvgIpc) is 2.49. The molecule has 0 spiro atoms. The van der Waals surface area contributed by atoms with E-state index in [2.05, 4.69) is 5.32 Å². The summed E-state index contributed by atoms with van der Waals surface area (Å²) in [5, 5.41) is 21.7. The summed E-state index contributed by atoms with van der Waals surface area (Å²) < 4.78 is 0. The summed E-state index contributed by atoms with van der Waals surface area (Å²) in [5.41, 5.74) is 2.28. The largest absolute Gasteiger partial charge is 0.396 e. The topological polar surface area (TPSA) is 72.8 Å². The molecule has 5 nitrogen and oxygen atoms in total. The van der Waals surface area contributed by atoms with E-state index in [9.17, 15) is 15.0 Å². The molecule has 0 aliphatic heterocycles. The lowest BCUT2D eigenvalue weighted by molar-refractivity contribution is -0.121. The first-order valence-corrected chi connectivity index (χ1v) is 7.53. The van der Waals surface area contributed by atoms with E-state index in [1.54, 1.807) is 6.92 Å². The maximum atomic E-state index is 12.4. The molecule has 1 amide bonds. The summed E-state index contributed by atoms with van der Waals surface area (Å²) in [6.45, 7) is 7.72. The van der Waals surface area contributed by atoms with Crippen LogP contribution in [0, 0.1) is 19.3 Å². The van der Waals surface area contributed by atoms with Crippen molar-refractivity contribution >= 4 is 11.6 Å². The molecule has 3 N–H and O–H groups in total. The van der Waals surface area contributed by atoms with E-state index in [-0.39, 0.29) is 25.2 Å². The number of hydrogen-bond donors (Lipinski definition) is 3. The minimum absolute atomic E-state index is 0.0990. The Labute approximate surface area is 133 Å². The van der Waals surface area contributed by atoms with Gasteiger partial charge < -0.3 is 15.5 Å². The van der Waals surface area contributed by atoms with Crippen LogP contribution in [0.15, 0.2) is 18.2 Å². The molecule has 124 valence electrons. The second-order valence-electron chi connectivity index (χ2n) is 6.47. The fraction of sp³-hybridized carbons (Fsp3) is 0.588. The number of hydrogen-bond acceptors (Lipinski definition) is 4. The van der Waals surface area contributed by atoms with Gasteiger partial charge in [-0.15, -0.1) is 0 Å². The molecule has 0 aliphatic carbocycles. The van der Waals surface area contributed by atoms with Gasteiger partial charge in [-0.2, -0.15) is 0 Å². The van der Waals surface area contributed by atoms with Crippen molar-refractivity contribution in [2.75, 3.05) is 32.1 Å². The molecule has 1 atom stereocenters. The smallest absolute Gasteiger partial charge is 0.241 e. The number of benzene rings is 1. The van der Waals surface area contributed by atoms with E-state index >= 15 is 0 Å². The lowest BCUT2D eigenvalue weighted by atomic mass is 9.92. The minimum atomic E-state index is -0.623. The number of aliphatic hydroxyl groups excluding tert-OH is 2. The minimum Gasteiger partial charge on any atom is -0.396 e. The molecule has 0 radical (unpaired) electrons. The Hall–Kier alpha value is -1.43. The second kappa shape index (κ2) is 7.72. The summed E-state index contributed by atoms with van der Waals surface area (Å²) in [4.78, 5) is 14.3. The molecule has 0 aliphatic rings. The Balaban J connectivity index is 2.77. The second-order valence-corrected chi connectivity index (χ2v) is 6.47. The van der Waals surface area contributed by atoms with Gasteiger partial charge in [-0.1, -0.05) is 25.1 Å². The van der Waals surface area contributed by atoms with Gasteiger partial charge in [0, 0.05) is 17.6 Å². The standard InChI is InChI=1S/C17H28N2O3/c1-12-7-6-8-13(2)15(12)18-16(22)14(3)19(5)9-17(4,10-20)11-21/h6-8,14,20-21H,9-11H2,1-5H3,(H,18,22). The van der Waals surface area contributed by atoms with E-state index < -0.39 is 5.41 Å². The summed E-state index contributed by atoms with van der Waals surface area (Å²) >= 11 is 0.